The highest BCUT2D eigenvalue weighted by atomic mass is 19.1. The van der Waals surface area contributed by atoms with Gasteiger partial charge in [0.05, 0.1) is 31.1 Å². The highest BCUT2D eigenvalue weighted by molar-refractivity contribution is 6.00. The zero-order valence-corrected chi connectivity index (χ0v) is 19.6. The van der Waals surface area contributed by atoms with Crippen molar-refractivity contribution in [3.63, 3.8) is 0 Å². The number of ether oxygens (including phenoxy) is 2. The molecule has 0 bridgehead atoms. The summed E-state index contributed by atoms with van der Waals surface area (Å²) in [6.45, 7) is 2.96. The normalized spacial score (nSPS) is 15.6. The molecule has 2 N–H and O–H groups in total. The summed E-state index contributed by atoms with van der Waals surface area (Å²) in [5, 5.41) is 6.89. The van der Waals surface area contributed by atoms with Gasteiger partial charge in [-0.3, -0.25) is 4.79 Å². The van der Waals surface area contributed by atoms with Crippen molar-refractivity contribution in [2.75, 3.05) is 32.1 Å². The fraction of sp³-hybridized carbons (Fsp3) is 0.231. The van der Waals surface area contributed by atoms with Crippen molar-refractivity contribution in [1.29, 1.82) is 0 Å². The molecule has 1 saturated heterocycles. The largest absolute Gasteiger partial charge is 0.496 e. The van der Waals surface area contributed by atoms with Gasteiger partial charge in [0, 0.05) is 42.0 Å². The van der Waals surface area contributed by atoms with Gasteiger partial charge in [-0.25, -0.2) is 19.2 Å². The van der Waals surface area contributed by atoms with E-state index in [2.05, 4.69) is 20.6 Å². The Labute approximate surface area is 205 Å². The molecule has 0 saturated carbocycles. The maximum atomic E-state index is 14.5. The van der Waals surface area contributed by atoms with Gasteiger partial charge in [-0.05, 0) is 37.3 Å². The third-order valence-electron chi connectivity index (χ3n) is 5.91. The number of aromatic nitrogens is 2. The number of carbonyl (C=O) groups excluding carboxylic acids is 1. The van der Waals surface area contributed by atoms with Gasteiger partial charge in [0.15, 0.2) is 5.78 Å². The molecule has 5 rings (SSSR count). The van der Waals surface area contributed by atoms with Crippen molar-refractivity contribution in [1.82, 2.24) is 15.3 Å². The molecular formula is C26H23FN4O5. The second-order valence-electron chi connectivity index (χ2n) is 8.22. The van der Waals surface area contributed by atoms with Crippen molar-refractivity contribution >= 4 is 28.4 Å². The summed E-state index contributed by atoms with van der Waals surface area (Å²) < 4.78 is 31.2. The molecule has 9 nitrogen and oxygen atoms in total. The van der Waals surface area contributed by atoms with E-state index in [-0.39, 0.29) is 28.4 Å². The van der Waals surface area contributed by atoms with Crippen molar-refractivity contribution < 1.29 is 23.1 Å². The second kappa shape index (κ2) is 9.84. The van der Waals surface area contributed by atoms with E-state index in [0.29, 0.717) is 47.8 Å². The molecular weight excluding hydrogens is 467 g/mol. The average molecular weight is 490 g/mol. The van der Waals surface area contributed by atoms with E-state index in [1.807, 2.05) is 0 Å². The molecule has 3 heterocycles. The van der Waals surface area contributed by atoms with Crippen molar-refractivity contribution in [2.24, 2.45) is 0 Å². The molecule has 0 amide bonds. The Morgan fingerprint density at radius 3 is 2.86 bits per heavy atom. The predicted octanol–water partition coefficient (Wildman–Crippen LogP) is 4.00. The highest BCUT2D eigenvalue weighted by Gasteiger charge is 2.27. The number of nitrogens with zero attached hydrogens (tertiary/aromatic N) is 2. The molecule has 1 unspecified atom stereocenters. The predicted molar refractivity (Wildman–Crippen MR) is 131 cm³/mol. The lowest BCUT2D eigenvalue weighted by Crippen LogP contribution is -2.35. The van der Waals surface area contributed by atoms with Gasteiger partial charge in [-0.1, -0.05) is 6.07 Å². The van der Waals surface area contributed by atoms with Crippen molar-refractivity contribution in [2.45, 2.75) is 13.0 Å². The van der Waals surface area contributed by atoms with E-state index in [9.17, 15) is 14.0 Å². The summed E-state index contributed by atoms with van der Waals surface area (Å²) >= 11 is 0. The van der Waals surface area contributed by atoms with Gasteiger partial charge in [0.25, 0.3) is 0 Å². The van der Waals surface area contributed by atoms with Crippen LogP contribution in [0.15, 0.2) is 57.9 Å². The van der Waals surface area contributed by atoms with Crippen LogP contribution in [0.5, 0.6) is 5.75 Å². The topological polar surface area (TPSA) is 116 Å². The molecule has 0 radical (unpaired) electrons. The number of anilines is 2. The fourth-order valence-electron chi connectivity index (χ4n) is 4.33. The molecule has 36 heavy (non-hydrogen) atoms. The van der Waals surface area contributed by atoms with Crippen LogP contribution in [0.4, 0.5) is 16.0 Å². The first kappa shape index (κ1) is 23.6. The molecule has 0 spiro atoms. The quantitative estimate of drug-likeness (QED) is 0.306. The van der Waals surface area contributed by atoms with Crippen LogP contribution in [-0.2, 0) is 4.74 Å². The Hall–Kier alpha value is -4.15. The Morgan fingerprint density at radius 2 is 2.11 bits per heavy atom. The van der Waals surface area contributed by atoms with Crippen LogP contribution >= 0.6 is 0 Å². The molecule has 10 heteroatoms. The molecule has 184 valence electrons. The van der Waals surface area contributed by atoms with Gasteiger partial charge in [0.1, 0.15) is 22.7 Å². The lowest BCUT2D eigenvalue weighted by atomic mass is 9.96. The van der Waals surface area contributed by atoms with Crippen LogP contribution in [0.2, 0.25) is 0 Å². The highest BCUT2D eigenvalue weighted by Crippen LogP contribution is 2.33. The molecule has 0 aliphatic carbocycles. The average Bonchev–Trinajstić information content (AvgIpc) is 2.88. The fourth-order valence-corrected chi connectivity index (χ4v) is 4.33. The summed E-state index contributed by atoms with van der Waals surface area (Å²) in [4.78, 5) is 33.7. The minimum Gasteiger partial charge on any atom is -0.496 e. The number of hydrogen-bond donors (Lipinski definition) is 2. The number of methoxy groups -OCH3 is 1. The summed E-state index contributed by atoms with van der Waals surface area (Å²) in [7, 11) is 1.46. The van der Waals surface area contributed by atoms with E-state index in [4.69, 9.17) is 13.9 Å². The van der Waals surface area contributed by atoms with E-state index in [1.165, 1.54) is 26.3 Å². The standard InChI is InChI=1S/C26H23FN4O5/c1-14(32)22-23(21-13-28-10-11-35-21)16-7-6-15(12-20(16)36-25(22)33)30-26-29-9-8-18(31-26)24-17(27)4-3-5-19(24)34-2/h3-9,12,21,28H,10-11,13H2,1-2H3,(H,29,30,31). The number of halogens is 1. The molecule has 2 aromatic carbocycles. The Morgan fingerprint density at radius 1 is 1.25 bits per heavy atom. The first-order valence-electron chi connectivity index (χ1n) is 11.3. The minimum atomic E-state index is -0.721. The minimum absolute atomic E-state index is 0.00761. The number of Topliss-reactive ketones (excluding diaryl/α,β-unsaturated/α-hetero) is 1. The molecule has 1 atom stereocenters. The van der Waals surface area contributed by atoms with Crippen molar-refractivity contribution in [3.05, 3.63) is 76.0 Å². The molecule has 2 aromatic heterocycles. The first-order chi connectivity index (χ1) is 17.5. The number of benzene rings is 2. The second-order valence-corrected chi connectivity index (χ2v) is 8.22. The number of fused-ring (bicyclic) bond motifs is 1. The number of hydrogen-bond acceptors (Lipinski definition) is 9. The van der Waals surface area contributed by atoms with Gasteiger partial charge in [-0.15, -0.1) is 0 Å². The lowest BCUT2D eigenvalue weighted by Gasteiger charge is -2.26. The van der Waals surface area contributed by atoms with Crippen LogP contribution in [0.1, 0.15) is 28.9 Å². The monoisotopic (exact) mass is 490 g/mol. The number of morpholine rings is 1. The third-order valence-corrected chi connectivity index (χ3v) is 5.91. The maximum absolute atomic E-state index is 14.5. The van der Waals surface area contributed by atoms with Crippen molar-refractivity contribution in [3.8, 4) is 17.0 Å². The van der Waals surface area contributed by atoms with Gasteiger partial charge >= 0.3 is 5.63 Å². The summed E-state index contributed by atoms with van der Waals surface area (Å²) in [5.74, 6) is -0.300. The molecule has 1 aliphatic rings. The maximum Gasteiger partial charge on any atom is 0.347 e. The van der Waals surface area contributed by atoms with Gasteiger partial charge in [0.2, 0.25) is 5.95 Å². The van der Waals surface area contributed by atoms with Gasteiger partial charge in [-0.2, -0.15) is 0 Å². The Balaban J connectivity index is 1.54. The SMILES string of the molecule is COc1cccc(F)c1-c1ccnc(Nc2ccc3c(C4CNCCO4)c(C(C)=O)c(=O)oc3c2)n1. The number of rotatable bonds is 6. The number of ketones is 1. The molecule has 4 aromatic rings. The van der Waals surface area contributed by atoms with E-state index < -0.39 is 17.5 Å². The molecule has 1 fully saturated rings. The van der Waals surface area contributed by atoms with E-state index in [0.717, 1.165) is 0 Å². The Kier molecular flexibility index (Phi) is 6.45. The zero-order valence-electron chi connectivity index (χ0n) is 19.6. The zero-order chi connectivity index (χ0) is 25.2. The molecule has 1 aliphatic heterocycles. The number of nitrogens with one attached hydrogen (secondary N) is 2. The van der Waals surface area contributed by atoms with E-state index >= 15 is 0 Å². The van der Waals surface area contributed by atoms with Gasteiger partial charge < -0.3 is 24.5 Å². The number of carbonyl (C=O) groups is 1. The van der Waals surface area contributed by atoms with Crippen LogP contribution in [-0.4, -0.2) is 42.6 Å². The van der Waals surface area contributed by atoms with Crippen LogP contribution in [0, 0.1) is 5.82 Å². The summed E-state index contributed by atoms with van der Waals surface area (Å²) in [6, 6.07) is 11.3. The van der Waals surface area contributed by atoms with Crippen LogP contribution in [0.3, 0.4) is 0 Å². The summed E-state index contributed by atoms with van der Waals surface area (Å²) in [5.41, 5.74) is 1.16. The van der Waals surface area contributed by atoms with Crippen LogP contribution < -0.4 is 21.0 Å². The lowest BCUT2D eigenvalue weighted by molar-refractivity contribution is 0.0277. The first-order valence-corrected chi connectivity index (χ1v) is 11.3. The van der Waals surface area contributed by atoms with Crippen LogP contribution in [0.25, 0.3) is 22.2 Å². The smallest absolute Gasteiger partial charge is 0.347 e. The Bertz CT molecular complexity index is 1510. The van der Waals surface area contributed by atoms with E-state index in [1.54, 1.807) is 36.4 Å². The third kappa shape index (κ3) is 4.43. The summed E-state index contributed by atoms with van der Waals surface area (Å²) in [6.07, 6.45) is 1.04.